The van der Waals surface area contributed by atoms with Crippen molar-refractivity contribution in [2.24, 2.45) is 0 Å². The number of hydrogen-bond donors (Lipinski definition) is 3. The predicted octanol–water partition coefficient (Wildman–Crippen LogP) is 3.05. The van der Waals surface area contributed by atoms with Gasteiger partial charge in [-0.3, -0.25) is 9.89 Å². The number of aromatic nitrogens is 2. The summed E-state index contributed by atoms with van der Waals surface area (Å²) in [6.07, 6.45) is 1.67. The fourth-order valence-electron chi connectivity index (χ4n) is 1.96. The van der Waals surface area contributed by atoms with E-state index in [1.165, 1.54) is 0 Å². The molecule has 0 radical (unpaired) electrons. The minimum absolute atomic E-state index is 0.248. The van der Waals surface area contributed by atoms with Crippen molar-refractivity contribution >= 4 is 39.8 Å². The number of carbonyl (C=O) groups excluding carboxylic acids is 1. The number of carbonyl (C=O) groups is 1. The van der Waals surface area contributed by atoms with Crippen molar-refractivity contribution < 1.29 is 4.79 Å². The van der Waals surface area contributed by atoms with Gasteiger partial charge in [0, 0.05) is 10.9 Å². The van der Waals surface area contributed by atoms with Crippen molar-refractivity contribution in [1.82, 2.24) is 10.2 Å². The first kappa shape index (κ1) is 12.5. The zero-order valence-electron chi connectivity index (χ0n) is 10.4. The molecule has 5 nitrogen and oxygen atoms in total. The number of nitrogens with zero attached hydrogens (tertiary/aromatic N) is 1. The molecule has 0 saturated heterocycles. The molecule has 0 fully saturated rings. The summed E-state index contributed by atoms with van der Waals surface area (Å²) in [7, 11) is 0. The predicted molar refractivity (Wildman–Crippen MR) is 79.9 cm³/mol. The Labute approximate surface area is 119 Å². The standard InChI is InChI=1S/C14H11ClN4O/c15-10-5-4-8(6-11(10)16)14(20)18-12-2-1-3-13-9(12)7-17-19-13/h1-7H,16H2,(H,17,19)(H,18,20). The second-order valence-electron chi connectivity index (χ2n) is 4.33. The van der Waals surface area contributed by atoms with Gasteiger partial charge in [0.1, 0.15) is 0 Å². The van der Waals surface area contributed by atoms with E-state index in [4.69, 9.17) is 17.3 Å². The van der Waals surface area contributed by atoms with Gasteiger partial charge in [-0.15, -0.1) is 0 Å². The van der Waals surface area contributed by atoms with Crippen LogP contribution in [-0.2, 0) is 0 Å². The summed E-state index contributed by atoms with van der Waals surface area (Å²) in [5, 5.41) is 10.9. The van der Waals surface area contributed by atoms with Crippen LogP contribution < -0.4 is 11.1 Å². The molecular weight excluding hydrogens is 276 g/mol. The lowest BCUT2D eigenvalue weighted by molar-refractivity contribution is 0.102. The van der Waals surface area contributed by atoms with Crippen LogP contribution in [0.25, 0.3) is 10.9 Å². The van der Waals surface area contributed by atoms with Gasteiger partial charge in [0.15, 0.2) is 0 Å². The zero-order valence-corrected chi connectivity index (χ0v) is 11.1. The van der Waals surface area contributed by atoms with Crippen molar-refractivity contribution in [3.8, 4) is 0 Å². The molecule has 0 unspecified atom stereocenters. The Morgan fingerprint density at radius 2 is 2.15 bits per heavy atom. The number of rotatable bonds is 2. The van der Waals surface area contributed by atoms with Gasteiger partial charge in [-0.1, -0.05) is 17.7 Å². The van der Waals surface area contributed by atoms with E-state index in [2.05, 4.69) is 15.5 Å². The lowest BCUT2D eigenvalue weighted by atomic mass is 10.1. The number of nitrogens with one attached hydrogen (secondary N) is 2. The maximum atomic E-state index is 12.2. The highest BCUT2D eigenvalue weighted by Gasteiger charge is 2.10. The average Bonchev–Trinajstić information content (AvgIpc) is 2.91. The van der Waals surface area contributed by atoms with Gasteiger partial charge in [0.2, 0.25) is 0 Å². The van der Waals surface area contributed by atoms with Gasteiger partial charge in [0.25, 0.3) is 5.91 Å². The molecule has 0 atom stereocenters. The van der Waals surface area contributed by atoms with Crippen LogP contribution in [0.3, 0.4) is 0 Å². The Kier molecular flexibility index (Phi) is 3.04. The van der Waals surface area contributed by atoms with Gasteiger partial charge < -0.3 is 11.1 Å². The highest BCUT2D eigenvalue weighted by molar-refractivity contribution is 6.33. The quantitative estimate of drug-likeness (QED) is 0.633. The van der Waals surface area contributed by atoms with Crippen LogP contribution in [0.15, 0.2) is 42.6 Å². The van der Waals surface area contributed by atoms with E-state index in [1.54, 1.807) is 24.4 Å². The molecule has 1 amide bonds. The van der Waals surface area contributed by atoms with E-state index in [9.17, 15) is 4.79 Å². The van der Waals surface area contributed by atoms with Gasteiger partial charge in [-0.05, 0) is 30.3 Å². The Bertz CT molecular complexity index is 797. The maximum Gasteiger partial charge on any atom is 0.255 e. The van der Waals surface area contributed by atoms with Crippen molar-refractivity contribution in [3.63, 3.8) is 0 Å². The summed E-state index contributed by atoms with van der Waals surface area (Å²) in [5.74, 6) is -0.248. The topological polar surface area (TPSA) is 83.8 Å². The molecule has 0 aliphatic carbocycles. The van der Waals surface area contributed by atoms with Gasteiger partial charge in [-0.25, -0.2) is 0 Å². The van der Waals surface area contributed by atoms with E-state index >= 15 is 0 Å². The molecule has 0 spiro atoms. The first-order valence-corrected chi connectivity index (χ1v) is 6.31. The first-order valence-electron chi connectivity index (χ1n) is 5.93. The Morgan fingerprint density at radius 3 is 2.95 bits per heavy atom. The van der Waals surface area contributed by atoms with E-state index in [0.717, 1.165) is 10.9 Å². The second kappa shape index (κ2) is 4.86. The number of nitrogen functional groups attached to an aromatic ring is 1. The lowest BCUT2D eigenvalue weighted by Crippen LogP contribution is -2.12. The van der Waals surface area contributed by atoms with Gasteiger partial charge in [0.05, 0.1) is 28.1 Å². The molecule has 2 aromatic carbocycles. The third-order valence-electron chi connectivity index (χ3n) is 2.99. The molecule has 0 saturated carbocycles. The molecular formula is C14H11ClN4O. The molecule has 0 aliphatic rings. The van der Waals surface area contributed by atoms with Crippen LogP contribution in [0.2, 0.25) is 5.02 Å². The third kappa shape index (κ3) is 2.19. The fraction of sp³-hybridized carbons (Fsp3) is 0. The van der Waals surface area contributed by atoms with E-state index < -0.39 is 0 Å². The van der Waals surface area contributed by atoms with E-state index in [1.807, 2.05) is 18.2 Å². The highest BCUT2D eigenvalue weighted by atomic mass is 35.5. The summed E-state index contributed by atoms with van der Waals surface area (Å²) in [6.45, 7) is 0. The van der Waals surface area contributed by atoms with E-state index in [-0.39, 0.29) is 5.91 Å². The number of anilines is 2. The molecule has 3 aromatic rings. The summed E-state index contributed by atoms with van der Waals surface area (Å²) < 4.78 is 0. The molecule has 4 N–H and O–H groups in total. The number of fused-ring (bicyclic) bond motifs is 1. The van der Waals surface area contributed by atoms with Crippen LogP contribution in [0, 0.1) is 0 Å². The van der Waals surface area contributed by atoms with Crippen LogP contribution in [0.4, 0.5) is 11.4 Å². The summed E-state index contributed by atoms with van der Waals surface area (Å²) in [5.41, 5.74) is 8.08. The van der Waals surface area contributed by atoms with Gasteiger partial charge >= 0.3 is 0 Å². The molecule has 0 aliphatic heterocycles. The molecule has 20 heavy (non-hydrogen) atoms. The van der Waals surface area contributed by atoms with Crippen molar-refractivity contribution in [3.05, 3.63) is 53.2 Å². The number of benzene rings is 2. The molecule has 100 valence electrons. The number of halogens is 1. The molecule has 6 heteroatoms. The monoisotopic (exact) mass is 286 g/mol. The summed E-state index contributed by atoms with van der Waals surface area (Å²) in [4.78, 5) is 12.2. The molecule has 0 bridgehead atoms. The van der Waals surface area contributed by atoms with E-state index in [0.29, 0.717) is 22.0 Å². The molecule has 1 heterocycles. The Balaban J connectivity index is 1.92. The number of hydrogen-bond acceptors (Lipinski definition) is 3. The summed E-state index contributed by atoms with van der Waals surface area (Å²) >= 11 is 5.84. The Morgan fingerprint density at radius 1 is 1.30 bits per heavy atom. The van der Waals surface area contributed by atoms with Crippen LogP contribution in [0.1, 0.15) is 10.4 Å². The largest absolute Gasteiger partial charge is 0.398 e. The van der Waals surface area contributed by atoms with Crippen molar-refractivity contribution in [2.75, 3.05) is 11.1 Å². The fourth-order valence-corrected chi connectivity index (χ4v) is 2.07. The minimum Gasteiger partial charge on any atom is -0.398 e. The number of amides is 1. The maximum absolute atomic E-state index is 12.2. The number of H-pyrrole nitrogens is 1. The summed E-state index contributed by atoms with van der Waals surface area (Å²) in [6, 6.07) is 10.3. The number of aromatic amines is 1. The SMILES string of the molecule is Nc1cc(C(=O)Nc2cccc3[nH]ncc23)ccc1Cl. The zero-order chi connectivity index (χ0) is 14.1. The average molecular weight is 287 g/mol. The highest BCUT2D eigenvalue weighted by Crippen LogP contribution is 2.23. The third-order valence-corrected chi connectivity index (χ3v) is 3.34. The van der Waals surface area contributed by atoms with Crippen LogP contribution in [-0.4, -0.2) is 16.1 Å². The van der Waals surface area contributed by atoms with Crippen molar-refractivity contribution in [2.45, 2.75) is 0 Å². The first-order chi connectivity index (χ1) is 9.65. The number of nitrogens with two attached hydrogens (primary N) is 1. The molecule has 1 aromatic heterocycles. The minimum atomic E-state index is -0.248. The van der Waals surface area contributed by atoms with Gasteiger partial charge in [-0.2, -0.15) is 5.10 Å². The normalized spacial score (nSPS) is 10.7. The second-order valence-corrected chi connectivity index (χ2v) is 4.73. The van der Waals surface area contributed by atoms with Crippen LogP contribution >= 0.6 is 11.6 Å². The van der Waals surface area contributed by atoms with Crippen LogP contribution in [0.5, 0.6) is 0 Å². The molecule has 3 rings (SSSR count). The smallest absolute Gasteiger partial charge is 0.255 e. The van der Waals surface area contributed by atoms with Crippen molar-refractivity contribution in [1.29, 1.82) is 0 Å². The lowest BCUT2D eigenvalue weighted by Gasteiger charge is -2.07. The Hall–Kier alpha value is -2.53.